The van der Waals surface area contributed by atoms with Gasteiger partial charge in [-0.2, -0.15) is 5.26 Å². The predicted molar refractivity (Wildman–Crippen MR) is 129 cm³/mol. The highest BCUT2D eigenvalue weighted by molar-refractivity contribution is 6.30. The van der Waals surface area contributed by atoms with Crippen LogP contribution in [0, 0.1) is 11.3 Å². The molecule has 3 heterocycles. The Morgan fingerprint density at radius 1 is 0.939 bits per heavy atom. The van der Waals surface area contributed by atoms with E-state index in [1.54, 1.807) is 0 Å². The maximum atomic E-state index is 10.1. The van der Waals surface area contributed by atoms with Crippen LogP contribution in [0.5, 0.6) is 11.5 Å². The second-order valence-electron chi connectivity index (χ2n) is 7.68. The molecule has 0 bridgehead atoms. The minimum absolute atomic E-state index is 0.232. The molecule has 0 spiro atoms. The van der Waals surface area contributed by atoms with Gasteiger partial charge in [-0.1, -0.05) is 54.1 Å². The van der Waals surface area contributed by atoms with Gasteiger partial charge in [0.1, 0.15) is 11.6 Å². The van der Waals surface area contributed by atoms with Crippen LogP contribution in [-0.2, 0) is 0 Å². The molecule has 0 saturated heterocycles. The molecule has 6 rings (SSSR count). The summed E-state index contributed by atoms with van der Waals surface area (Å²) in [7, 11) is 0. The van der Waals surface area contributed by atoms with Crippen LogP contribution in [-0.4, -0.2) is 16.2 Å². The zero-order valence-electron chi connectivity index (χ0n) is 17.3. The third-order valence-electron chi connectivity index (χ3n) is 5.71. The molecule has 5 aromatic rings. The molecular weight excluding hydrogens is 434 g/mol. The molecule has 0 amide bonds. The van der Waals surface area contributed by atoms with Crippen molar-refractivity contribution >= 4 is 40.4 Å². The molecule has 0 aliphatic carbocycles. The lowest BCUT2D eigenvalue weighted by Gasteiger charge is -2.11. The largest absolute Gasteiger partial charge is 0.454 e. The van der Waals surface area contributed by atoms with Gasteiger partial charge in [-0.25, -0.2) is 4.98 Å². The summed E-state index contributed by atoms with van der Waals surface area (Å²) in [4.78, 5) is 4.80. The maximum Gasteiger partial charge on any atom is 0.231 e. The molecule has 0 unspecified atom stereocenters. The Morgan fingerprint density at radius 2 is 1.76 bits per heavy atom. The van der Waals surface area contributed by atoms with Crippen molar-refractivity contribution in [2.24, 2.45) is 0 Å². The monoisotopic (exact) mass is 449 g/mol. The van der Waals surface area contributed by atoms with Crippen molar-refractivity contribution in [1.29, 1.82) is 5.26 Å². The van der Waals surface area contributed by atoms with Crippen LogP contribution in [0.15, 0.2) is 72.8 Å². The Morgan fingerprint density at radius 3 is 2.61 bits per heavy atom. The lowest BCUT2D eigenvalue weighted by molar-refractivity contribution is 0.174. The molecule has 158 valence electrons. The Balaban J connectivity index is 1.58. The summed E-state index contributed by atoms with van der Waals surface area (Å²) in [6.07, 6.45) is 3.90. The van der Waals surface area contributed by atoms with E-state index < -0.39 is 0 Å². The van der Waals surface area contributed by atoms with E-state index in [9.17, 15) is 5.26 Å². The Kier molecular flexibility index (Phi) is 4.53. The molecule has 0 atom stereocenters. The molecular formula is C27H16ClN3O2. The minimum atomic E-state index is 0.232. The fourth-order valence-electron chi connectivity index (χ4n) is 4.13. The fourth-order valence-corrected chi connectivity index (χ4v) is 4.26. The smallest absolute Gasteiger partial charge is 0.231 e. The number of para-hydroxylation sites is 2. The maximum absolute atomic E-state index is 10.1. The van der Waals surface area contributed by atoms with Crippen molar-refractivity contribution in [2.75, 3.05) is 6.79 Å². The van der Waals surface area contributed by atoms with Gasteiger partial charge in [-0.3, -0.25) is 4.40 Å². The number of ether oxygens (including phenoxy) is 2. The SMILES string of the molecule is N#Cc1c(/C=C/c2ccc3c(c2)OCO3)cc(-c2ccc(Cl)cc2)n2c1nc1ccccc12. The molecule has 0 N–H and O–H groups in total. The summed E-state index contributed by atoms with van der Waals surface area (Å²) < 4.78 is 12.9. The fraction of sp³-hybridized carbons (Fsp3) is 0.0370. The van der Waals surface area contributed by atoms with Gasteiger partial charge in [0, 0.05) is 5.02 Å². The van der Waals surface area contributed by atoms with Gasteiger partial charge in [-0.05, 0) is 59.2 Å². The number of nitrogens with zero attached hydrogens (tertiary/aromatic N) is 3. The first kappa shape index (κ1) is 19.4. The summed E-state index contributed by atoms with van der Waals surface area (Å²) in [5, 5.41) is 10.7. The number of aromatic nitrogens is 2. The molecule has 3 aromatic carbocycles. The number of hydrogen-bond donors (Lipinski definition) is 0. The molecule has 5 nitrogen and oxygen atoms in total. The highest BCUT2D eigenvalue weighted by atomic mass is 35.5. The van der Waals surface area contributed by atoms with Crippen molar-refractivity contribution in [2.45, 2.75) is 0 Å². The van der Waals surface area contributed by atoms with Crippen LogP contribution in [0.1, 0.15) is 16.7 Å². The van der Waals surface area contributed by atoms with Gasteiger partial charge in [0.25, 0.3) is 0 Å². The van der Waals surface area contributed by atoms with Gasteiger partial charge in [0.05, 0.1) is 16.7 Å². The second-order valence-corrected chi connectivity index (χ2v) is 8.12. The van der Waals surface area contributed by atoms with E-state index in [2.05, 4.69) is 6.07 Å². The summed E-state index contributed by atoms with van der Waals surface area (Å²) in [5.74, 6) is 1.45. The number of imidazole rings is 1. The van der Waals surface area contributed by atoms with Crippen molar-refractivity contribution < 1.29 is 9.47 Å². The van der Waals surface area contributed by atoms with Gasteiger partial charge in [0.2, 0.25) is 6.79 Å². The molecule has 0 fully saturated rings. The highest BCUT2D eigenvalue weighted by Crippen LogP contribution is 2.34. The number of hydrogen-bond acceptors (Lipinski definition) is 4. The van der Waals surface area contributed by atoms with Crippen LogP contribution in [0.2, 0.25) is 5.02 Å². The lowest BCUT2D eigenvalue weighted by Crippen LogP contribution is -1.98. The average molecular weight is 450 g/mol. The van der Waals surface area contributed by atoms with E-state index in [1.807, 2.05) is 89.3 Å². The van der Waals surface area contributed by atoms with E-state index in [0.717, 1.165) is 44.9 Å². The van der Waals surface area contributed by atoms with Gasteiger partial charge >= 0.3 is 0 Å². The van der Waals surface area contributed by atoms with E-state index in [4.69, 9.17) is 26.1 Å². The Labute approximate surface area is 194 Å². The van der Waals surface area contributed by atoms with Crippen molar-refractivity contribution in [1.82, 2.24) is 9.38 Å². The van der Waals surface area contributed by atoms with Crippen LogP contribution < -0.4 is 9.47 Å². The average Bonchev–Trinajstić information content (AvgIpc) is 3.47. The molecule has 2 aromatic heterocycles. The summed E-state index contributed by atoms with van der Waals surface area (Å²) in [6, 6.07) is 25.7. The van der Waals surface area contributed by atoms with Crippen molar-refractivity contribution in [3.63, 3.8) is 0 Å². The van der Waals surface area contributed by atoms with E-state index in [-0.39, 0.29) is 6.79 Å². The van der Waals surface area contributed by atoms with Crippen LogP contribution in [0.25, 0.3) is 40.1 Å². The summed E-state index contributed by atoms with van der Waals surface area (Å²) >= 11 is 6.14. The third kappa shape index (κ3) is 3.29. The topological polar surface area (TPSA) is 59.5 Å². The molecule has 0 radical (unpaired) electrons. The van der Waals surface area contributed by atoms with E-state index in [0.29, 0.717) is 16.2 Å². The van der Waals surface area contributed by atoms with Crippen molar-refractivity contribution in [3.05, 3.63) is 94.5 Å². The quantitative estimate of drug-likeness (QED) is 0.312. The van der Waals surface area contributed by atoms with Crippen LogP contribution in [0.4, 0.5) is 0 Å². The van der Waals surface area contributed by atoms with E-state index >= 15 is 0 Å². The number of benzene rings is 3. The summed E-state index contributed by atoms with van der Waals surface area (Å²) in [5.41, 5.74) is 6.56. The third-order valence-corrected chi connectivity index (χ3v) is 5.96. The second kappa shape index (κ2) is 7.70. The summed E-state index contributed by atoms with van der Waals surface area (Å²) in [6.45, 7) is 0.232. The zero-order chi connectivity index (χ0) is 22.4. The molecule has 0 saturated carbocycles. The van der Waals surface area contributed by atoms with Crippen molar-refractivity contribution in [3.8, 4) is 28.8 Å². The first-order valence-corrected chi connectivity index (χ1v) is 10.8. The van der Waals surface area contributed by atoms with Crippen LogP contribution >= 0.6 is 11.6 Å². The standard InChI is InChI=1S/C27H16ClN3O2/c28-20-10-8-18(9-11-20)24-14-19(7-5-17-6-12-25-26(13-17)33-16-32-25)21(15-29)27-30-22-3-1-2-4-23(22)31(24)27/h1-14H,16H2/b7-5+. The first-order valence-electron chi connectivity index (χ1n) is 10.4. The molecule has 33 heavy (non-hydrogen) atoms. The highest BCUT2D eigenvalue weighted by Gasteiger charge is 2.17. The molecule has 6 heteroatoms. The number of fused-ring (bicyclic) bond motifs is 4. The lowest BCUT2D eigenvalue weighted by atomic mass is 10.0. The Bertz CT molecular complexity index is 1610. The first-order chi connectivity index (χ1) is 16.2. The van der Waals surface area contributed by atoms with Gasteiger partial charge in [0.15, 0.2) is 17.1 Å². The number of halogens is 1. The van der Waals surface area contributed by atoms with E-state index in [1.165, 1.54) is 0 Å². The molecule has 1 aliphatic rings. The molecule has 1 aliphatic heterocycles. The predicted octanol–water partition coefficient (Wildman–Crippen LogP) is 6.58. The number of rotatable bonds is 3. The van der Waals surface area contributed by atoms with Crippen LogP contribution in [0.3, 0.4) is 0 Å². The normalized spacial score (nSPS) is 12.6. The minimum Gasteiger partial charge on any atom is -0.454 e. The zero-order valence-corrected chi connectivity index (χ0v) is 18.1. The van der Waals surface area contributed by atoms with Gasteiger partial charge < -0.3 is 9.47 Å². The number of nitriles is 1. The Hall–Kier alpha value is -4.27. The number of pyridine rings is 1. The van der Waals surface area contributed by atoms with Gasteiger partial charge in [-0.15, -0.1) is 0 Å².